The normalized spacial score (nSPS) is 11.1. The summed E-state index contributed by atoms with van der Waals surface area (Å²) in [6.45, 7) is 4.44. The van der Waals surface area contributed by atoms with Gasteiger partial charge in [-0.05, 0) is 23.6 Å². The van der Waals surface area contributed by atoms with Crippen LogP contribution in [0, 0.1) is 0 Å². The van der Waals surface area contributed by atoms with Crippen LogP contribution in [0.25, 0.3) is 5.69 Å². The number of hydrogen-bond acceptors (Lipinski definition) is 3. The van der Waals surface area contributed by atoms with Crippen molar-refractivity contribution >= 4 is 0 Å². The lowest BCUT2D eigenvalue weighted by molar-refractivity contribution is 0.298. The van der Waals surface area contributed by atoms with Crippen LogP contribution >= 0.6 is 0 Å². The van der Waals surface area contributed by atoms with E-state index in [0.29, 0.717) is 12.3 Å². The van der Waals surface area contributed by atoms with Gasteiger partial charge in [0.2, 0.25) is 0 Å². The molecule has 90 valence electrons. The van der Waals surface area contributed by atoms with Crippen LogP contribution < -0.4 is 0 Å². The van der Waals surface area contributed by atoms with Crippen LogP contribution in [0.2, 0.25) is 0 Å². The van der Waals surface area contributed by atoms with E-state index in [0.717, 1.165) is 11.4 Å². The molecule has 1 N–H and O–H groups in total. The fourth-order valence-corrected chi connectivity index (χ4v) is 1.67. The highest BCUT2D eigenvalue weighted by Crippen LogP contribution is 2.16. The zero-order valence-corrected chi connectivity index (χ0v) is 10.2. The van der Waals surface area contributed by atoms with Crippen LogP contribution in [0.15, 0.2) is 30.5 Å². The lowest BCUT2D eigenvalue weighted by Crippen LogP contribution is -1.95. The molecule has 4 nitrogen and oxygen atoms in total. The average molecular weight is 231 g/mol. The summed E-state index contributed by atoms with van der Waals surface area (Å²) in [5.74, 6) is 0.532. The molecule has 0 aliphatic heterocycles. The maximum atomic E-state index is 8.82. The Hall–Kier alpha value is -1.68. The Morgan fingerprint density at radius 1 is 1.24 bits per heavy atom. The molecule has 0 amide bonds. The van der Waals surface area contributed by atoms with E-state index in [4.69, 9.17) is 5.11 Å². The van der Waals surface area contributed by atoms with Gasteiger partial charge in [-0.15, -0.1) is 5.10 Å². The second-order valence-electron chi connectivity index (χ2n) is 4.37. The van der Waals surface area contributed by atoms with Gasteiger partial charge < -0.3 is 5.11 Å². The lowest BCUT2D eigenvalue weighted by atomic mass is 10.0. The first-order chi connectivity index (χ1) is 8.20. The van der Waals surface area contributed by atoms with Crippen molar-refractivity contribution in [3.8, 4) is 5.69 Å². The molecule has 0 atom stereocenters. The minimum absolute atomic E-state index is 0.102. The van der Waals surface area contributed by atoms with Crippen molar-refractivity contribution in [2.75, 3.05) is 6.61 Å². The van der Waals surface area contributed by atoms with Crippen LogP contribution in [0.1, 0.15) is 31.0 Å². The van der Waals surface area contributed by atoms with Crippen LogP contribution in [0.5, 0.6) is 0 Å². The van der Waals surface area contributed by atoms with Crippen molar-refractivity contribution in [3.05, 3.63) is 41.7 Å². The summed E-state index contributed by atoms with van der Waals surface area (Å²) in [7, 11) is 0. The maximum absolute atomic E-state index is 8.82. The van der Waals surface area contributed by atoms with Gasteiger partial charge in [-0.2, -0.15) is 0 Å². The number of aromatic nitrogens is 3. The lowest BCUT2D eigenvalue weighted by Gasteiger charge is -2.06. The SMILES string of the molecule is CC(C)c1ccc(-n2cc(CCO)nn2)cc1. The smallest absolute Gasteiger partial charge is 0.0854 e. The van der Waals surface area contributed by atoms with E-state index < -0.39 is 0 Å². The predicted octanol–water partition coefficient (Wildman–Crippen LogP) is 1.93. The van der Waals surface area contributed by atoms with E-state index in [1.807, 2.05) is 18.3 Å². The summed E-state index contributed by atoms with van der Waals surface area (Å²) >= 11 is 0. The maximum Gasteiger partial charge on any atom is 0.0854 e. The Bertz CT molecular complexity index is 474. The van der Waals surface area contributed by atoms with Gasteiger partial charge in [-0.25, -0.2) is 4.68 Å². The molecule has 17 heavy (non-hydrogen) atoms. The fourth-order valence-electron chi connectivity index (χ4n) is 1.67. The van der Waals surface area contributed by atoms with Gasteiger partial charge in [0, 0.05) is 13.0 Å². The molecule has 0 radical (unpaired) electrons. The molecule has 0 saturated heterocycles. The topological polar surface area (TPSA) is 50.9 Å². The molecule has 0 unspecified atom stereocenters. The summed E-state index contributed by atoms with van der Waals surface area (Å²) < 4.78 is 1.73. The summed E-state index contributed by atoms with van der Waals surface area (Å²) in [6.07, 6.45) is 2.39. The van der Waals surface area contributed by atoms with E-state index in [2.05, 4.69) is 36.3 Å². The van der Waals surface area contributed by atoms with Crippen molar-refractivity contribution in [2.45, 2.75) is 26.2 Å². The van der Waals surface area contributed by atoms with E-state index in [1.54, 1.807) is 4.68 Å². The molecule has 0 spiro atoms. The second-order valence-corrected chi connectivity index (χ2v) is 4.37. The van der Waals surface area contributed by atoms with Gasteiger partial charge in [0.25, 0.3) is 0 Å². The summed E-state index contributed by atoms with van der Waals surface area (Å²) in [4.78, 5) is 0. The number of rotatable bonds is 4. The van der Waals surface area contributed by atoms with E-state index in [-0.39, 0.29) is 6.61 Å². The van der Waals surface area contributed by atoms with Gasteiger partial charge in [-0.3, -0.25) is 0 Å². The highest BCUT2D eigenvalue weighted by atomic mass is 16.3. The molecular weight excluding hydrogens is 214 g/mol. The number of aliphatic hydroxyl groups is 1. The van der Waals surface area contributed by atoms with Gasteiger partial charge >= 0.3 is 0 Å². The first-order valence-corrected chi connectivity index (χ1v) is 5.83. The third kappa shape index (κ3) is 2.71. The quantitative estimate of drug-likeness (QED) is 0.874. The van der Waals surface area contributed by atoms with Crippen molar-refractivity contribution in [3.63, 3.8) is 0 Å². The molecule has 0 fully saturated rings. The Labute approximate surface area is 101 Å². The van der Waals surface area contributed by atoms with Gasteiger partial charge in [0.1, 0.15) is 0 Å². The molecule has 2 aromatic rings. The summed E-state index contributed by atoms with van der Waals surface area (Å²) in [6, 6.07) is 8.28. The minimum Gasteiger partial charge on any atom is -0.396 e. The standard InChI is InChI=1S/C13H17N3O/c1-10(2)11-3-5-13(6-4-11)16-9-12(7-8-17)14-15-16/h3-6,9-10,17H,7-8H2,1-2H3. The van der Waals surface area contributed by atoms with Gasteiger partial charge in [0.15, 0.2) is 0 Å². The van der Waals surface area contributed by atoms with E-state index in [1.165, 1.54) is 5.56 Å². The zero-order chi connectivity index (χ0) is 12.3. The summed E-state index contributed by atoms with van der Waals surface area (Å²) in [5.41, 5.74) is 3.11. The second kappa shape index (κ2) is 5.10. The average Bonchev–Trinajstić information content (AvgIpc) is 2.78. The van der Waals surface area contributed by atoms with Crippen molar-refractivity contribution in [1.29, 1.82) is 0 Å². The molecule has 0 aliphatic carbocycles. The van der Waals surface area contributed by atoms with Crippen LogP contribution in [-0.4, -0.2) is 26.7 Å². The van der Waals surface area contributed by atoms with Crippen LogP contribution in [-0.2, 0) is 6.42 Å². The first-order valence-electron chi connectivity index (χ1n) is 5.83. The number of benzene rings is 1. The molecule has 0 aliphatic rings. The molecular formula is C13H17N3O. The largest absolute Gasteiger partial charge is 0.396 e. The highest BCUT2D eigenvalue weighted by Gasteiger charge is 2.03. The molecule has 1 aromatic carbocycles. The van der Waals surface area contributed by atoms with Crippen molar-refractivity contribution in [2.24, 2.45) is 0 Å². The molecule has 2 rings (SSSR count). The Morgan fingerprint density at radius 3 is 2.53 bits per heavy atom. The Balaban J connectivity index is 2.21. The van der Waals surface area contributed by atoms with Gasteiger partial charge in [0.05, 0.1) is 17.6 Å². The van der Waals surface area contributed by atoms with Crippen molar-refractivity contribution < 1.29 is 5.11 Å². The molecule has 1 aromatic heterocycles. The van der Waals surface area contributed by atoms with Gasteiger partial charge in [-0.1, -0.05) is 31.2 Å². The monoisotopic (exact) mass is 231 g/mol. The number of nitrogens with zero attached hydrogens (tertiary/aromatic N) is 3. The predicted molar refractivity (Wildman–Crippen MR) is 66.2 cm³/mol. The highest BCUT2D eigenvalue weighted by molar-refractivity contribution is 5.34. The molecule has 0 saturated carbocycles. The van der Waals surface area contributed by atoms with E-state index >= 15 is 0 Å². The van der Waals surface area contributed by atoms with E-state index in [9.17, 15) is 0 Å². The Kier molecular flexibility index (Phi) is 3.54. The summed E-state index contributed by atoms with van der Waals surface area (Å²) in [5, 5.41) is 16.8. The third-order valence-corrected chi connectivity index (χ3v) is 2.73. The molecule has 1 heterocycles. The van der Waals surface area contributed by atoms with Crippen molar-refractivity contribution in [1.82, 2.24) is 15.0 Å². The zero-order valence-electron chi connectivity index (χ0n) is 10.2. The Morgan fingerprint density at radius 2 is 1.94 bits per heavy atom. The third-order valence-electron chi connectivity index (χ3n) is 2.73. The van der Waals surface area contributed by atoms with Crippen LogP contribution in [0.3, 0.4) is 0 Å². The minimum atomic E-state index is 0.102. The molecule has 0 bridgehead atoms. The number of aliphatic hydroxyl groups excluding tert-OH is 1. The van der Waals surface area contributed by atoms with Crippen LogP contribution in [0.4, 0.5) is 0 Å². The number of hydrogen-bond donors (Lipinski definition) is 1. The fraction of sp³-hybridized carbons (Fsp3) is 0.385. The first kappa shape index (κ1) is 11.8. The molecule has 4 heteroatoms.